The van der Waals surface area contributed by atoms with Gasteiger partial charge in [-0.3, -0.25) is 0 Å². The van der Waals surface area contributed by atoms with Crippen molar-refractivity contribution in [1.29, 1.82) is 0 Å². The van der Waals surface area contributed by atoms with Crippen LogP contribution in [0.15, 0.2) is 55.1 Å². The largest absolute Gasteiger partial charge is 0.457 e. The number of aryl methyl sites for hydroxylation is 2. The van der Waals surface area contributed by atoms with Gasteiger partial charge in [0.1, 0.15) is 11.5 Å². The number of benzene rings is 2. The number of rotatable bonds is 3. The van der Waals surface area contributed by atoms with Crippen LogP contribution in [0.4, 0.5) is 0 Å². The highest BCUT2D eigenvalue weighted by atomic mass is 16.5. The monoisotopic (exact) mass is 224 g/mol. The van der Waals surface area contributed by atoms with Crippen LogP contribution in [0.3, 0.4) is 0 Å². The summed E-state index contributed by atoms with van der Waals surface area (Å²) in [6.07, 6.45) is 0. The Morgan fingerprint density at radius 3 is 2.35 bits per heavy atom. The Kier molecular flexibility index (Phi) is 3.29. The Hall–Kier alpha value is -2.02. The molecule has 0 N–H and O–H groups in total. The van der Waals surface area contributed by atoms with Crippen molar-refractivity contribution in [3.63, 3.8) is 0 Å². The molecule has 0 unspecified atom stereocenters. The first-order chi connectivity index (χ1) is 8.16. The summed E-state index contributed by atoms with van der Waals surface area (Å²) >= 11 is 0. The van der Waals surface area contributed by atoms with Crippen molar-refractivity contribution < 1.29 is 4.74 Å². The van der Waals surface area contributed by atoms with Crippen LogP contribution in [0.25, 0.3) is 5.76 Å². The zero-order chi connectivity index (χ0) is 12.3. The molecule has 17 heavy (non-hydrogen) atoms. The van der Waals surface area contributed by atoms with Gasteiger partial charge in [-0.25, -0.2) is 0 Å². The smallest absolute Gasteiger partial charge is 0.130 e. The van der Waals surface area contributed by atoms with E-state index in [0.717, 1.165) is 16.9 Å². The van der Waals surface area contributed by atoms with E-state index in [1.165, 1.54) is 5.56 Å². The third-order valence-electron chi connectivity index (χ3n) is 2.66. The Morgan fingerprint density at radius 2 is 1.71 bits per heavy atom. The first-order valence-electron chi connectivity index (χ1n) is 5.66. The molecule has 0 aliphatic carbocycles. The summed E-state index contributed by atoms with van der Waals surface area (Å²) in [6, 6.07) is 16.1. The van der Waals surface area contributed by atoms with Gasteiger partial charge in [0.15, 0.2) is 0 Å². The number of ether oxygens (including phenoxy) is 1. The zero-order valence-corrected chi connectivity index (χ0v) is 10.2. The van der Waals surface area contributed by atoms with Gasteiger partial charge in [0.2, 0.25) is 0 Å². The van der Waals surface area contributed by atoms with Gasteiger partial charge in [-0.15, -0.1) is 0 Å². The molecular weight excluding hydrogens is 208 g/mol. The minimum atomic E-state index is 0.678. The first kappa shape index (κ1) is 11.5. The van der Waals surface area contributed by atoms with E-state index >= 15 is 0 Å². The molecule has 0 aliphatic heterocycles. The molecule has 0 atom stereocenters. The second-order valence-corrected chi connectivity index (χ2v) is 4.16. The first-order valence-corrected chi connectivity index (χ1v) is 5.66. The lowest BCUT2D eigenvalue weighted by atomic mass is 10.1. The fourth-order valence-electron chi connectivity index (χ4n) is 1.73. The summed E-state index contributed by atoms with van der Waals surface area (Å²) in [4.78, 5) is 0. The lowest BCUT2D eigenvalue weighted by Gasteiger charge is -2.11. The van der Waals surface area contributed by atoms with Gasteiger partial charge in [-0.1, -0.05) is 54.6 Å². The molecule has 0 saturated heterocycles. The maximum atomic E-state index is 5.79. The second kappa shape index (κ2) is 4.88. The fraction of sp³-hybridized carbons (Fsp3) is 0.125. The molecule has 1 nitrogen and oxygen atoms in total. The third-order valence-corrected chi connectivity index (χ3v) is 2.66. The molecule has 0 amide bonds. The molecule has 86 valence electrons. The van der Waals surface area contributed by atoms with E-state index in [-0.39, 0.29) is 0 Å². The van der Waals surface area contributed by atoms with Gasteiger partial charge in [0.25, 0.3) is 0 Å². The lowest BCUT2D eigenvalue weighted by Crippen LogP contribution is -1.95. The van der Waals surface area contributed by atoms with E-state index in [1.807, 2.05) is 49.4 Å². The SMILES string of the molecule is C=C(Oc1ccc(C)cc1C)c1ccccc1. The van der Waals surface area contributed by atoms with Gasteiger partial charge < -0.3 is 4.74 Å². The Morgan fingerprint density at radius 1 is 1.00 bits per heavy atom. The van der Waals surface area contributed by atoms with Crippen molar-refractivity contribution in [2.45, 2.75) is 13.8 Å². The predicted molar refractivity (Wildman–Crippen MR) is 72.0 cm³/mol. The van der Waals surface area contributed by atoms with Crippen LogP contribution >= 0.6 is 0 Å². The van der Waals surface area contributed by atoms with Crippen LogP contribution in [0.5, 0.6) is 5.75 Å². The summed E-state index contributed by atoms with van der Waals surface area (Å²) in [5, 5.41) is 0. The third kappa shape index (κ3) is 2.76. The minimum absolute atomic E-state index is 0.678. The average molecular weight is 224 g/mol. The molecule has 0 fully saturated rings. The van der Waals surface area contributed by atoms with Crippen LogP contribution in [0, 0.1) is 13.8 Å². The zero-order valence-electron chi connectivity index (χ0n) is 10.2. The standard InChI is InChI=1S/C16H16O/c1-12-9-10-16(13(2)11-12)17-14(3)15-7-5-4-6-8-15/h4-11H,3H2,1-2H3. The molecule has 2 aromatic rings. The van der Waals surface area contributed by atoms with Crippen molar-refractivity contribution in [2.75, 3.05) is 0 Å². The number of hydrogen-bond acceptors (Lipinski definition) is 1. The maximum absolute atomic E-state index is 5.79. The van der Waals surface area contributed by atoms with Crippen LogP contribution in [-0.4, -0.2) is 0 Å². The van der Waals surface area contributed by atoms with Gasteiger partial charge in [-0.2, -0.15) is 0 Å². The van der Waals surface area contributed by atoms with Gasteiger partial charge in [-0.05, 0) is 25.5 Å². The minimum Gasteiger partial charge on any atom is -0.457 e. The van der Waals surface area contributed by atoms with E-state index < -0.39 is 0 Å². The summed E-state index contributed by atoms with van der Waals surface area (Å²) < 4.78 is 5.79. The predicted octanol–water partition coefficient (Wildman–Crippen LogP) is 4.35. The van der Waals surface area contributed by atoms with E-state index in [0.29, 0.717) is 5.76 Å². The van der Waals surface area contributed by atoms with Gasteiger partial charge in [0, 0.05) is 5.56 Å². The van der Waals surface area contributed by atoms with Crippen molar-refractivity contribution in [3.05, 3.63) is 71.8 Å². The molecule has 0 aromatic heterocycles. The van der Waals surface area contributed by atoms with Crippen molar-refractivity contribution in [1.82, 2.24) is 0 Å². The fourth-order valence-corrected chi connectivity index (χ4v) is 1.73. The summed E-state index contributed by atoms with van der Waals surface area (Å²) in [5.74, 6) is 1.54. The van der Waals surface area contributed by atoms with E-state index in [4.69, 9.17) is 4.74 Å². The van der Waals surface area contributed by atoms with Gasteiger partial charge >= 0.3 is 0 Å². The van der Waals surface area contributed by atoms with Crippen LogP contribution in [0.2, 0.25) is 0 Å². The topological polar surface area (TPSA) is 9.23 Å². The highest BCUT2D eigenvalue weighted by Crippen LogP contribution is 2.24. The van der Waals surface area contributed by atoms with Crippen LogP contribution in [-0.2, 0) is 0 Å². The summed E-state index contributed by atoms with van der Waals surface area (Å²) in [7, 11) is 0. The van der Waals surface area contributed by atoms with Gasteiger partial charge in [0.05, 0.1) is 0 Å². The Balaban J connectivity index is 2.19. The molecule has 0 bridgehead atoms. The molecule has 0 radical (unpaired) electrons. The molecule has 2 rings (SSSR count). The van der Waals surface area contributed by atoms with Crippen LogP contribution < -0.4 is 4.74 Å². The van der Waals surface area contributed by atoms with E-state index in [2.05, 4.69) is 19.6 Å². The Bertz CT molecular complexity index is 526. The highest BCUT2D eigenvalue weighted by molar-refractivity contribution is 5.60. The van der Waals surface area contributed by atoms with Crippen molar-refractivity contribution >= 4 is 5.76 Å². The quantitative estimate of drug-likeness (QED) is 0.704. The highest BCUT2D eigenvalue weighted by Gasteiger charge is 2.04. The molecule has 2 aromatic carbocycles. The van der Waals surface area contributed by atoms with Crippen LogP contribution in [0.1, 0.15) is 16.7 Å². The van der Waals surface area contributed by atoms with E-state index in [9.17, 15) is 0 Å². The number of hydrogen-bond donors (Lipinski definition) is 0. The molecule has 0 spiro atoms. The van der Waals surface area contributed by atoms with Crippen molar-refractivity contribution in [2.24, 2.45) is 0 Å². The summed E-state index contributed by atoms with van der Waals surface area (Å²) in [6.45, 7) is 8.08. The molecule has 1 heteroatoms. The maximum Gasteiger partial charge on any atom is 0.130 e. The lowest BCUT2D eigenvalue weighted by molar-refractivity contribution is 0.512. The molecule has 0 heterocycles. The van der Waals surface area contributed by atoms with Crippen molar-refractivity contribution in [3.8, 4) is 5.75 Å². The Labute approximate surface area is 102 Å². The molecule has 0 saturated carbocycles. The molecule has 0 aliphatic rings. The molecular formula is C16H16O. The average Bonchev–Trinajstić information content (AvgIpc) is 2.34. The normalized spacial score (nSPS) is 10.0. The van der Waals surface area contributed by atoms with E-state index in [1.54, 1.807) is 0 Å². The second-order valence-electron chi connectivity index (χ2n) is 4.16. The summed E-state index contributed by atoms with van der Waals surface area (Å²) in [5.41, 5.74) is 3.37.